The average Bonchev–Trinajstić information content (AvgIpc) is 2.72. The Labute approximate surface area is 187 Å². The molecule has 30 heavy (non-hydrogen) atoms. The van der Waals surface area contributed by atoms with E-state index in [-0.39, 0.29) is 25.0 Å². The van der Waals surface area contributed by atoms with Crippen molar-refractivity contribution in [1.82, 2.24) is 9.80 Å². The maximum absolute atomic E-state index is 15.4. The van der Waals surface area contributed by atoms with Gasteiger partial charge in [-0.2, -0.15) is 0 Å². The highest BCUT2D eigenvalue weighted by atomic mass is 35.5. The topological polar surface area (TPSA) is 32.8 Å². The maximum Gasteiger partial charge on any atom is 0.308 e. The Bertz CT molecular complexity index is 852. The van der Waals surface area contributed by atoms with Gasteiger partial charge in [0.15, 0.2) is 5.67 Å². The Morgan fingerprint density at radius 1 is 1.17 bits per heavy atom. The highest BCUT2D eigenvalue weighted by Crippen LogP contribution is 2.45. The fourth-order valence-corrected chi connectivity index (χ4v) is 5.43. The van der Waals surface area contributed by atoms with Crippen LogP contribution in [0.5, 0.6) is 0 Å². The van der Waals surface area contributed by atoms with Gasteiger partial charge in [-0.1, -0.05) is 40.9 Å². The van der Waals surface area contributed by atoms with Gasteiger partial charge in [-0.05, 0) is 57.0 Å². The summed E-state index contributed by atoms with van der Waals surface area (Å²) in [5.74, 6) is -0.0484. The molecule has 4 rings (SSSR count). The zero-order valence-corrected chi connectivity index (χ0v) is 18.7. The van der Waals surface area contributed by atoms with E-state index in [1.165, 1.54) is 18.4 Å². The number of alkyl halides is 1. The van der Waals surface area contributed by atoms with Gasteiger partial charge in [0.2, 0.25) is 0 Å². The summed E-state index contributed by atoms with van der Waals surface area (Å²) in [6.07, 6.45) is 7.90. The zero-order chi connectivity index (χ0) is 21.3. The van der Waals surface area contributed by atoms with Crippen LogP contribution in [0.25, 0.3) is 0 Å². The molecular formula is C23H27Cl2FN2O2. The minimum Gasteiger partial charge on any atom is -0.469 e. The largest absolute Gasteiger partial charge is 0.469 e. The summed E-state index contributed by atoms with van der Waals surface area (Å²) in [6.45, 7) is 3.34. The van der Waals surface area contributed by atoms with Gasteiger partial charge >= 0.3 is 5.97 Å². The third kappa shape index (κ3) is 4.39. The summed E-state index contributed by atoms with van der Waals surface area (Å²) in [4.78, 5) is 16.1. The van der Waals surface area contributed by atoms with Gasteiger partial charge in [0, 0.05) is 27.9 Å². The number of hydrogen-bond donors (Lipinski definition) is 0. The zero-order valence-electron chi connectivity index (χ0n) is 17.2. The predicted octanol–water partition coefficient (Wildman–Crippen LogP) is 4.96. The average molecular weight is 453 g/mol. The predicted molar refractivity (Wildman–Crippen MR) is 117 cm³/mol. The van der Waals surface area contributed by atoms with Gasteiger partial charge in [0.1, 0.15) is 0 Å². The number of allylic oxidation sites excluding steroid dienone is 3. The van der Waals surface area contributed by atoms with E-state index >= 15 is 4.39 Å². The Kier molecular flexibility index (Phi) is 6.42. The summed E-state index contributed by atoms with van der Waals surface area (Å²) in [5.41, 5.74) is 1.47. The van der Waals surface area contributed by atoms with Crippen LogP contribution in [0.15, 0.2) is 41.6 Å². The highest BCUT2D eigenvalue weighted by Gasteiger charge is 2.48. The summed E-state index contributed by atoms with van der Waals surface area (Å²) in [6, 6.07) is 5.12. The molecule has 2 aliphatic heterocycles. The van der Waals surface area contributed by atoms with E-state index in [1.807, 2.05) is 0 Å². The van der Waals surface area contributed by atoms with E-state index in [1.54, 1.807) is 18.2 Å². The van der Waals surface area contributed by atoms with Gasteiger partial charge in [0.25, 0.3) is 0 Å². The number of carbonyl (C=O) groups is 1. The van der Waals surface area contributed by atoms with E-state index in [0.717, 1.165) is 45.3 Å². The van der Waals surface area contributed by atoms with Crippen molar-refractivity contribution < 1.29 is 13.9 Å². The molecule has 2 saturated heterocycles. The molecule has 3 aliphatic rings. The molecule has 0 saturated carbocycles. The fourth-order valence-electron chi connectivity index (χ4n) is 4.69. The second-order valence-electron chi connectivity index (χ2n) is 8.47. The number of carbonyl (C=O) groups excluding carboxylic acids is 1. The van der Waals surface area contributed by atoms with Crippen molar-refractivity contribution in [2.24, 2.45) is 5.92 Å². The molecule has 0 unspecified atom stereocenters. The number of likely N-dealkylation sites (tertiary alicyclic amines) is 2. The first-order chi connectivity index (χ1) is 14.4. The molecule has 2 fully saturated rings. The minimum atomic E-state index is -1.50. The second-order valence-corrected chi connectivity index (χ2v) is 9.29. The van der Waals surface area contributed by atoms with Crippen molar-refractivity contribution in [1.29, 1.82) is 0 Å². The van der Waals surface area contributed by atoms with E-state index in [4.69, 9.17) is 27.9 Å². The molecule has 1 aliphatic carbocycles. The summed E-state index contributed by atoms with van der Waals surface area (Å²) < 4.78 is 20.2. The summed E-state index contributed by atoms with van der Waals surface area (Å²) in [5, 5.41) is 0.779. The van der Waals surface area contributed by atoms with Gasteiger partial charge < -0.3 is 9.64 Å². The van der Waals surface area contributed by atoms with Crippen molar-refractivity contribution >= 4 is 29.2 Å². The van der Waals surface area contributed by atoms with Crippen LogP contribution in [0.4, 0.5) is 4.39 Å². The lowest BCUT2D eigenvalue weighted by Crippen LogP contribution is -2.56. The Hall–Kier alpha value is -1.56. The van der Waals surface area contributed by atoms with E-state index in [9.17, 15) is 4.79 Å². The van der Waals surface area contributed by atoms with Gasteiger partial charge in [-0.25, -0.2) is 4.39 Å². The molecular weight excluding hydrogens is 426 g/mol. The molecule has 0 radical (unpaired) electrons. The number of rotatable bonds is 5. The Morgan fingerprint density at radius 3 is 2.40 bits per heavy atom. The highest BCUT2D eigenvalue weighted by molar-refractivity contribution is 6.36. The Morgan fingerprint density at radius 2 is 1.83 bits per heavy atom. The lowest BCUT2D eigenvalue weighted by atomic mass is 9.86. The lowest BCUT2D eigenvalue weighted by molar-refractivity contribution is -0.147. The summed E-state index contributed by atoms with van der Waals surface area (Å²) in [7, 11) is 1.46. The van der Waals surface area contributed by atoms with Crippen molar-refractivity contribution in [3.8, 4) is 0 Å². The number of esters is 1. The molecule has 7 heteroatoms. The van der Waals surface area contributed by atoms with Crippen molar-refractivity contribution in [3.05, 3.63) is 57.2 Å². The molecule has 2 heterocycles. The van der Waals surface area contributed by atoms with Crippen molar-refractivity contribution in [3.63, 3.8) is 0 Å². The van der Waals surface area contributed by atoms with Crippen LogP contribution in [0, 0.1) is 5.92 Å². The molecule has 0 bridgehead atoms. The lowest BCUT2D eigenvalue weighted by Gasteiger charge is -2.48. The first-order valence-electron chi connectivity index (χ1n) is 10.5. The standard InChI is InChI=1S/C23H27Cl2FN2O2/c1-30-22(29)17-9-11-27(12-10-17)13-16-5-7-18(8-6-16)28-14-23(26,15-28)21-19(24)3-2-4-20(21)25/h2-5,7,17H,6,8-15H2,1H3. The molecule has 162 valence electrons. The van der Waals surface area contributed by atoms with Crippen LogP contribution in [-0.4, -0.2) is 55.6 Å². The van der Waals surface area contributed by atoms with Crippen molar-refractivity contribution in [2.75, 3.05) is 39.8 Å². The van der Waals surface area contributed by atoms with Crippen LogP contribution >= 0.6 is 23.2 Å². The van der Waals surface area contributed by atoms with Gasteiger partial charge in [-0.15, -0.1) is 0 Å². The van der Waals surface area contributed by atoms with Crippen LogP contribution in [0.1, 0.15) is 31.2 Å². The first kappa shape index (κ1) is 21.7. The number of methoxy groups -OCH3 is 1. The summed E-state index contributed by atoms with van der Waals surface area (Å²) >= 11 is 12.4. The van der Waals surface area contributed by atoms with Gasteiger partial charge in [0.05, 0.1) is 26.1 Å². The van der Waals surface area contributed by atoms with E-state index < -0.39 is 5.67 Å². The SMILES string of the molecule is COC(=O)C1CCN(CC2=CC=C(N3CC(F)(c4c(Cl)cccc4Cl)C3)CC2)CC1. The molecule has 4 nitrogen and oxygen atoms in total. The van der Waals surface area contributed by atoms with Gasteiger partial charge in [-0.3, -0.25) is 9.69 Å². The van der Waals surface area contributed by atoms with Crippen LogP contribution in [0.2, 0.25) is 10.0 Å². The minimum absolute atomic E-state index is 0.0390. The van der Waals surface area contributed by atoms with E-state index in [2.05, 4.69) is 22.0 Å². The molecule has 0 spiro atoms. The number of hydrogen-bond acceptors (Lipinski definition) is 4. The number of halogens is 3. The smallest absolute Gasteiger partial charge is 0.308 e. The molecule has 0 atom stereocenters. The van der Waals surface area contributed by atoms with E-state index in [0.29, 0.717) is 15.6 Å². The van der Waals surface area contributed by atoms with Crippen LogP contribution in [0.3, 0.4) is 0 Å². The molecule has 0 aromatic heterocycles. The number of benzene rings is 1. The molecule has 1 aromatic rings. The first-order valence-corrected chi connectivity index (χ1v) is 11.2. The molecule has 1 aromatic carbocycles. The monoisotopic (exact) mass is 452 g/mol. The third-order valence-electron chi connectivity index (χ3n) is 6.46. The number of piperidine rings is 1. The van der Waals surface area contributed by atoms with Crippen LogP contribution < -0.4 is 0 Å². The third-order valence-corrected chi connectivity index (χ3v) is 7.09. The quantitative estimate of drug-likeness (QED) is 0.590. The van der Waals surface area contributed by atoms with Crippen LogP contribution in [-0.2, 0) is 15.2 Å². The number of nitrogens with zero attached hydrogens (tertiary/aromatic N) is 2. The second kappa shape index (κ2) is 8.89. The Balaban J connectivity index is 1.31. The number of ether oxygens (including phenoxy) is 1. The fraction of sp³-hybridized carbons (Fsp3) is 0.522. The molecule has 0 N–H and O–H groups in total. The maximum atomic E-state index is 15.4. The molecule has 0 amide bonds. The normalized spacial score (nSPS) is 22.2. The van der Waals surface area contributed by atoms with Crippen molar-refractivity contribution in [2.45, 2.75) is 31.4 Å².